The number of amides is 1. The van der Waals surface area contributed by atoms with Crippen molar-refractivity contribution in [3.8, 4) is 11.3 Å². The third-order valence-corrected chi connectivity index (χ3v) is 5.30. The first-order valence-electron chi connectivity index (χ1n) is 8.62. The molecule has 0 bridgehead atoms. The number of nitrogens with one attached hydrogen (secondary N) is 3. The second-order valence-electron chi connectivity index (χ2n) is 6.21. The van der Waals surface area contributed by atoms with Crippen molar-refractivity contribution in [2.45, 2.75) is 19.5 Å². The van der Waals surface area contributed by atoms with Gasteiger partial charge in [0, 0.05) is 34.8 Å². The van der Waals surface area contributed by atoms with Gasteiger partial charge in [-0.05, 0) is 24.4 Å². The molecule has 4 aromatic rings. The van der Waals surface area contributed by atoms with Gasteiger partial charge in [-0.2, -0.15) is 0 Å². The number of carbonyl (C=O) groups excluding carboxylic acids is 1. The molecule has 142 valence electrons. The minimum atomic E-state index is -0.372. The first-order chi connectivity index (χ1) is 13.6. The Morgan fingerprint density at radius 3 is 3.07 bits per heavy atom. The van der Waals surface area contributed by atoms with E-state index in [1.165, 1.54) is 11.1 Å². The highest BCUT2D eigenvalue weighted by Crippen LogP contribution is 2.28. The van der Waals surface area contributed by atoms with E-state index in [2.05, 4.69) is 30.6 Å². The minimum absolute atomic E-state index is 0.174. The minimum Gasteiger partial charge on any atom is -0.345 e. The average molecular weight is 413 g/mol. The number of pyridine rings is 1. The molecule has 28 heavy (non-hydrogen) atoms. The maximum Gasteiger partial charge on any atom is 0.242 e. The highest BCUT2D eigenvalue weighted by Gasteiger charge is 2.15. The van der Waals surface area contributed by atoms with E-state index in [1.54, 1.807) is 29.9 Å². The summed E-state index contributed by atoms with van der Waals surface area (Å²) < 4.78 is 0. The molecule has 0 fully saturated rings. The first kappa shape index (κ1) is 18.5. The summed E-state index contributed by atoms with van der Waals surface area (Å²) in [5.74, 6) is 0.211. The van der Waals surface area contributed by atoms with Crippen molar-refractivity contribution in [3.63, 3.8) is 0 Å². The molecule has 0 unspecified atom stereocenters. The average Bonchev–Trinajstić information content (AvgIpc) is 3.35. The Kier molecular flexibility index (Phi) is 5.34. The smallest absolute Gasteiger partial charge is 0.242 e. The predicted octanol–water partition coefficient (Wildman–Crippen LogP) is 3.85. The van der Waals surface area contributed by atoms with E-state index >= 15 is 0 Å². The molecule has 0 spiro atoms. The van der Waals surface area contributed by atoms with Crippen LogP contribution < -0.4 is 10.6 Å². The molecule has 0 saturated carbocycles. The van der Waals surface area contributed by atoms with Gasteiger partial charge in [0.2, 0.25) is 5.91 Å². The molecule has 0 aromatic carbocycles. The van der Waals surface area contributed by atoms with Crippen LogP contribution in [0, 0.1) is 0 Å². The second kappa shape index (κ2) is 8.05. The van der Waals surface area contributed by atoms with Crippen LogP contribution in [0.1, 0.15) is 11.8 Å². The van der Waals surface area contributed by atoms with E-state index in [1.807, 2.05) is 30.5 Å². The maximum atomic E-state index is 12.5. The number of carbonyl (C=O) groups is 1. The van der Waals surface area contributed by atoms with Gasteiger partial charge >= 0.3 is 0 Å². The van der Waals surface area contributed by atoms with E-state index < -0.39 is 0 Å². The van der Waals surface area contributed by atoms with Gasteiger partial charge in [0.25, 0.3) is 0 Å². The molecule has 3 N–H and O–H groups in total. The first-order valence-corrected chi connectivity index (χ1v) is 9.87. The van der Waals surface area contributed by atoms with E-state index in [-0.39, 0.29) is 11.9 Å². The molecule has 0 aliphatic rings. The number of nitrogens with zero attached hydrogens (tertiary/aromatic N) is 3. The Labute approximate surface area is 170 Å². The molecular weight excluding hydrogens is 396 g/mol. The summed E-state index contributed by atoms with van der Waals surface area (Å²) in [4.78, 5) is 29.7. The molecule has 9 heteroatoms. The van der Waals surface area contributed by atoms with Gasteiger partial charge in [0.05, 0.1) is 29.2 Å². The monoisotopic (exact) mass is 412 g/mol. The lowest BCUT2D eigenvalue weighted by Gasteiger charge is -2.13. The van der Waals surface area contributed by atoms with Gasteiger partial charge < -0.3 is 15.6 Å². The van der Waals surface area contributed by atoms with Gasteiger partial charge in [-0.25, -0.2) is 9.97 Å². The van der Waals surface area contributed by atoms with Crippen LogP contribution in [0.15, 0.2) is 48.4 Å². The van der Waals surface area contributed by atoms with Crippen LogP contribution in [0.4, 0.5) is 5.82 Å². The number of aromatic amines is 1. The van der Waals surface area contributed by atoms with Crippen LogP contribution in [0.5, 0.6) is 0 Å². The van der Waals surface area contributed by atoms with Crippen molar-refractivity contribution < 1.29 is 4.79 Å². The van der Waals surface area contributed by atoms with E-state index in [9.17, 15) is 4.79 Å². The Hall–Kier alpha value is -2.81. The third kappa shape index (κ3) is 4.04. The third-order valence-electron chi connectivity index (χ3n) is 4.22. The predicted molar refractivity (Wildman–Crippen MR) is 111 cm³/mol. The van der Waals surface area contributed by atoms with Crippen molar-refractivity contribution in [2.24, 2.45) is 0 Å². The largest absolute Gasteiger partial charge is 0.345 e. The SMILES string of the molecule is C[C@@H](NCc1cccs1)C(=O)Nc1cncc(-c2c[nH]c3ncc(Cl)cc23)n1. The number of halogens is 1. The molecule has 0 radical (unpaired) electrons. The molecule has 1 atom stereocenters. The van der Waals surface area contributed by atoms with Gasteiger partial charge in [-0.3, -0.25) is 9.78 Å². The molecule has 4 aromatic heterocycles. The van der Waals surface area contributed by atoms with Gasteiger partial charge in [-0.15, -0.1) is 11.3 Å². The highest BCUT2D eigenvalue weighted by atomic mass is 35.5. The summed E-state index contributed by atoms with van der Waals surface area (Å²) in [5, 5.41) is 9.40. The lowest BCUT2D eigenvalue weighted by Crippen LogP contribution is -2.37. The summed E-state index contributed by atoms with van der Waals surface area (Å²) in [7, 11) is 0. The molecule has 4 rings (SSSR count). The van der Waals surface area contributed by atoms with E-state index in [0.29, 0.717) is 28.7 Å². The Morgan fingerprint density at radius 1 is 1.36 bits per heavy atom. The van der Waals surface area contributed by atoms with Crippen LogP contribution in [-0.4, -0.2) is 31.9 Å². The number of aromatic nitrogens is 4. The summed E-state index contributed by atoms with van der Waals surface area (Å²) in [6, 6.07) is 5.46. The molecule has 0 aliphatic carbocycles. The summed E-state index contributed by atoms with van der Waals surface area (Å²) in [6.07, 6.45) is 6.54. The second-order valence-corrected chi connectivity index (χ2v) is 7.68. The standard InChI is InChI=1S/C19H17ClN6OS/c1-11(22-7-13-3-2-4-28-13)19(27)26-17-10-21-9-16(25-17)15-8-24-18-14(15)5-12(20)6-23-18/h2-6,8-11,22H,7H2,1H3,(H,23,24)(H,25,26,27)/t11-/m1/s1. The highest BCUT2D eigenvalue weighted by molar-refractivity contribution is 7.09. The number of anilines is 1. The lowest BCUT2D eigenvalue weighted by atomic mass is 10.2. The lowest BCUT2D eigenvalue weighted by molar-refractivity contribution is -0.117. The molecule has 0 saturated heterocycles. The zero-order valence-electron chi connectivity index (χ0n) is 14.9. The summed E-state index contributed by atoms with van der Waals surface area (Å²) in [6.45, 7) is 2.45. The fourth-order valence-corrected chi connectivity index (χ4v) is 3.55. The zero-order valence-corrected chi connectivity index (χ0v) is 16.5. The number of fused-ring (bicyclic) bond motifs is 1. The van der Waals surface area contributed by atoms with Crippen molar-refractivity contribution in [1.29, 1.82) is 0 Å². The van der Waals surface area contributed by atoms with E-state index in [0.717, 1.165) is 10.9 Å². The molecule has 1 amide bonds. The number of thiophene rings is 1. The number of hydrogen-bond donors (Lipinski definition) is 3. The van der Waals surface area contributed by atoms with Crippen molar-refractivity contribution in [1.82, 2.24) is 25.3 Å². The molecule has 7 nitrogen and oxygen atoms in total. The number of H-pyrrole nitrogens is 1. The Bertz CT molecular complexity index is 1110. The normalized spacial score (nSPS) is 12.2. The molecule has 4 heterocycles. The van der Waals surface area contributed by atoms with Crippen LogP contribution in [0.2, 0.25) is 5.02 Å². The maximum absolute atomic E-state index is 12.5. The van der Waals surface area contributed by atoms with Crippen molar-refractivity contribution in [3.05, 3.63) is 58.3 Å². The molecule has 0 aliphatic heterocycles. The van der Waals surface area contributed by atoms with Gasteiger partial charge in [-0.1, -0.05) is 17.7 Å². The van der Waals surface area contributed by atoms with Crippen molar-refractivity contribution >= 4 is 45.7 Å². The van der Waals surface area contributed by atoms with Crippen LogP contribution in [0.3, 0.4) is 0 Å². The van der Waals surface area contributed by atoms with Gasteiger partial charge in [0.1, 0.15) is 5.65 Å². The fourth-order valence-electron chi connectivity index (χ4n) is 2.74. The van der Waals surface area contributed by atoms with Crippen LogP contribution in [-0.2, 0) is 11.3 Å². The van der Waals surface area contributed by atoms with Crippen LogP contribution in [0.25, 0.3) is 22.3 Å². The zero-order chi connectivity index (χ0) is 19.5. The van der Waals surface area contributed by atoms with Gasteiger partial charge in [0.15, 0.2) is 5.82 Å². The van der Waals surface area contributed by atoms with Crippen molar-refractivity contribution in [2.75, 3.05) is 5.32 Å². The fraction of sp³-hybridized carbons (Fsp3) is 0.158. The Balaban J connectivity index is 1.48. The van der Waals surface area contributed by atoms with E-state index in [4.69, 9.17) is 11.6 Å². The number of hydrogen-bond acceptors (Lipinski definition) is 6. The Morgan fingerprint density at radius 2 is 2.25 bits per heavy atom. The molecular formula is C19H17ClN6OS. The number of rotatable bonds is 6. The van der Waals surface area contributed by atoms with Crippen LogP contribution >= 0.6 is 22.9 Å². The summed E-state index contributed by atoms with van der Waals surface area (Å²) >= 11 is 7.71. The quantitative estimate of drug-likeness (QED) is 0.447. The topological polar surface area (TPSA) is 95.6 Å². The summed E-state index contributed by atoms with van der Waals surface area (Å²) in [5.41, 5.74) is 2.15.